The van der Waals surface area contributed by atoms with Gasteiger partial charge in [0.2, 0.25) is 11.8 Å². The Morgan fingerprint density at radius 1 is 1.00 bits per heavy atom. The van der Waals surface area contributed by atoms with Gasteiger partial charge < -0.3 is 4.90 Å². The summed E-state index contributed by atoms with van der Waals surface area (Å²) < 4.78 is 0. The number of nitrogens with one attached hydrogen (secondary N) is 1. The van der Waals surface area contributed by atoms with E-state index in [0.29, 0.717) is 22.7 Å². The third kappa shape index (κ3) is 4.17. The first kappa shape index (κ1) is 22.5. The van der Waals surface area contributed by atoms with Crippen molar-refractivity contribution in [2.45, 2.75) is 32.4 Å². The van der Waals surface area contributed by atoms with E-state index in [2.05, 4.69) is 20.1 Å². The van der Waals surface area contributed by atoms with Crippen LogP contribution in [-0.2, 0) is 16.1 Å². The molecule has 0 spiro atoms. The van der Waals surface area contributed by atoms with Gasteiger partial charge in [-0.1, -0.05) is 17.7 Å². The first-order valence-corrected chi connectivity index (χ1v) is 11.6. The minimum Gasteiger partial charge on any atom is -0.354 e. The number of anilines is 1. The number of carbonyl (C=O) groups excluding carboxylic acids is 4. The summed E-state index contributed by atoms with van der Waals surface area (Å²) in [6.07, 6.45) is 0.250. The van der Waals surface area contributed by atoms with Crippen LogP contribution < -0.4 is 10.2 Å². The van der Waals surface area contributed by atoms with Gasteiger partial charge in [-0.3, -0.25) is 34.3 Å². The Morgan fingerprint density at radius 3 is 2.44 bits per heavy atom. The second kappa shape index (κ2) is 8.81. The highest BCUT2D eigenvalue weighted by Crippen LogP contribution is 2.29. The number of benzene rings is 1. The van der Waals surface area contributed by atoms with Gasteiger partial charge in [-0.25, -0.2) is 4.98 Å². The predicted molar refractivity (Wildman–Crippen MR) is 125 cm³/mol. The largest absolute Gasteiger partial charge is 0.354 e. The predicted octanol–water partition coefficient (Wildman–Crippen LogP) is 1.77. The highest BCUT2D eigenvalue weighted by molar-refractivity contribution is 6.30. The number of hydrogen-bond donors (Lipinski definition) is 1. The van der Waals surface area contributed by atoms with Crippen LogP contribution in [0.25, 0.3) is 0 Å². The fourth-order valence-electron chi connectivity index (χ4n) is 4.78. The summed E-state index contributed by atoms with van der Waals surface area (Å²) in [7, 11) is 0. The fraction of sp³-hybridized carbons (Fsp3) is 0.375. The van der Waals surface area contributed by atoms with Crippen LogP contribution >= 0.6 is 11.6 Å². The summed E-state index contributed by atoms with van der Waals surface area (Å²) in [4.78, 5) is 59.6. The molecule has 9 nitrogen and oxygen atoms in total. The molecular formula is C24H24ClN5O4. The normalized spacial score (nSPS) is 21.2. The van der Waals surface area contributed by atoms with Crippen molar-refractivity contribution in [1.29, 1.82) is 0 Å². The van der Waals surface area contributed by atoms with Crippen molar-refractivity contribution < 1.29 is 19.2 Å². The second-order valence-corrected chi connectivity index (χ2v) is 9.31. The van der Waals surface area contributed by atoms with Crippen molar-refractivity contribution in [2.24, 2.45) is 0 Å². The van der Waals surface area contributed by atoms with Gasteiger partial charge in [0.25, 0.3) is 11.8 Å². The number of nitrogens with zero attached hydrogens (tertiary/aromatic N) is 4. The highest BCUT2D eigenvalue weighted by atomic mass is 35.5. The van der Waals surface area contributed by atoms with Gasteiger partial charge in [0, 0.05) is 49.9 Å². The van der Waals surface area contributed by atoms with Gasteiger partial charge in [0.1, 0.15) is 11.9 Å². The van der Waals surface area contributed by atoms with Gasteiger partial charge in [-0.2, -0.15) is 0 Å². The van der Waals surface area contributed by atoms with Crippen molar-refractivity contribution >= 4 is 41.0 Å². The number of fused-ring (bicyclic) bond motifs is 1. The molecule has 0 radical (unpaired) electrons. The van der Waals surface area contributed by atoms with Gasteiger partial charge in [-0.15, -0.1) is 0 Å². The lowest BCUT2D eigenvalue weighted by molar-refractivity contribution is -0.136. The third-order valence-corrected chi connectivity index (χ3v) is 6.73. The minimum absolute atomic E-state index is 0.102. The van der Waals surface area contributed by atoms with Crippen LogP contribution in [0.1, 0.15) is 44.8 Å². The highest BCUT2D eigenvalue weighted by Gasteiger charge is 2.44. The summed E-state index contributed by atoms with van der Waals surface area (Å²) in [6.45, 7) is 5.81. The van der Waals surface area contributed by atoms with Crippen LogP contribution in [0.2, 0.25) is 5.02 Å². The fourth-order valence-corrected chi connectivity index (χ4v) is 5.04. The summed E-state index contributed by atoms with van der Waals surface area (Å²) in [5.41, 5.74) is 2.42. The lowest BCUT2D eigenvalue weighted by Crippen LogP contribution is -2.54. The number of piperazine rings is 1. The zero-order valence-corrected chi connectivity index (χ0v) is 19.5. The lowest BCUT2D eigenvalue weighted by Gasteiger charge is -2.35. The third-order valence-electron chi connectivity index (χ3n) is 6.51. The van der Waals surface area contributed by atoms with Crippen molar-refractivity contribution in [1.82, 2.24) is 20.1 Å². The Morgan fingerprint density at radius 2 is 1.74 bits per heavy atom. The Hall–Kier alpha value is -3.30. The van der Waals surface area contributed by atoms with Crippen molar-refractivity contribution in [2.75, 3.05) is 31.1 Å². The number of carbonyl (C=O) groups is 4. The van der Waals surface area contributed by atoms with Crippen LogP contribution in [-0.4, -0.2) is 70.6 Å². The Kier molecular flexibility index (Phi) is 5.83. The molecule has 3 aliphatic rings. The SMILES string of the molecule is Cc1cc(Cl)cc(N2CCN(Cc3ccc4c(c3)C(=O)N(C3CCC(=O)NC3=O)C4=O)CC2)n1. The van der Waals surface area contributed by atoms with Crippen molar-refractivity contribution in [3.63, 3.8) is 0 Å². The van der Waals surface area contributed by atoms with Crippen molar-refractivity contribution in [3.8, 4) is 0 Å². The molecule has 1 aromatic heterocycles. The first-order chi connectivity index (χ1) is 16.3. The lowest BCUT2D eigenvalue weighted by atomic mass is 10.0. The molecule has 3 aliphatic heterocycles. The molecule has 0 bridgehead atoms. The molecule has 1 aromatic carbocycles. The molecule has 1 unspecified atom stereocenters. The topological polar surface area (TPSA) is 103 Å². The standard InChI is InChI=1S/C24H24ClN5O4/c1-14-10-16(25)12-20(26-14)29-8-6-28(7-9-29)13-15-2-3-17-18(11-15)24(34)30(23(17)33)19-4-5-21(31)27-22(19)32/h2-3,10-12,19H,4-9,13H2,1H3,(H,27,31,32). The van der Waals surface area contributed by atoms with E-state index >= 15 is 0 Å². The molecule has 0 aliphatic carbocycles. The monoisotopic (exact) mass is 481 g/mol. The molecular weight excluding hydrogens is 458 g/mol. The second-order valence-electron chi connectivity index (χ2n) is 8.88. The van der Waals surface area contributed by atoms with E-state index in [1.54, 1.807) is 12.1 Å². The number of rotatable bonds is 4. The average molecular weight is 482 g/mol. The van der Waals surface area contributed by atoms with Gasteiger partial charge in [-0.05, 0) is 43.2 Å². The van der Waals surface area contributed by atoms with Gasteiger partial charge >= 0.3 is 0 Å². The minimum atomic E-state index is -0.953. The van der Waals surface area contributed by atoms with Crippen LogP contribution in [0.15, 0.2) is 30.3 Å². The van der Waals surface area contributed by atoms with Crippen LogP contribution in [0, 0.1) is 6.92 Å². The van der Waals surface area contributed by atoms with Gasteiger partial charge in [0.15, 0.2) is 0 Å². The Labute approximate surface area is 201 Å². The molecule has 5 rings (SSSR count). The number of hydrogen-bond acceptors (Lipinski definition) is 7. The maximum absolute atomic E-state index is 13.0. The number of pyridine rings is 1. The zero-order chi connectivity index (χ0) is 24.0. The summed E-state index contributed by atoms with van der Waals surface area (Å²) >= 11 is 6.18. The number of imide groups is 2. The summed E-state index contributed by atoms with van der Waals surface area (Å²) in [5.74, 6) is -1.09. The molecule has 1 N–H and O–H groups in total. The molecule has 0 saturated carbocycles. The maximum atomic E-state index is 13.0. The average Bonchev–Trinajstić information content (AvgIpc) is 3.03. The summed E-state index contributed by atoms with van der Waals surface area (Å²) in [6, 6.07) is 8.02. The van der Waals surface area contributed by atoms with E-state index in [1.165, 1.54) is 0 Å². The molecule has 4 amide bonds. The van der Waals surface area contributed by atoms with E-state index in [-0.39, 0.29) is 18.7 Å². The van der Waals surface area contributed by atoms with E-state index in [1.807, 2.05) is 25.1 Å². The molecule has 34 heavy (non-hydrogen) atoms. The maximum Gasteiger partial charge on any atom is 0.262 e. The first-order valence-electron chi connectivity index (χ1n) is 11.3. The number of amides is 4. The molecule has 10 heteroatoms. The molecule has 2 saturated heterocycles. The molecule has 4 heterocycles. The van der Waals surface area contributed by atoms with Crippen LogP contribution in [0.5, 0.6) is 0 Å². The number of piperidine rings is 1. The van der Waals surface area contributed by atoms with Gasteiger partial charge in [0.05, 0.1) is 11.1 Å². The van der Waals surface area contributed by atoms with E-state index in [9.17, 15) is 19.2 Å². The molecule has 2 aromatic rings. The van der Waals surface area contributed by atoms with Crippen LogP contribution in [0.3, 0.4) is 0 Å². The van der Waals surface area contributed by atoms with Crippen LogP contribution in [0.4, 0.5) is 5.82 Å². The molecule has 2 fully saturated rings. The van der Waals surface area contributed by atoms with E-state index < -0.39 is 23.8 Å². The smallest absolute Gasteiger partial charge is 0.262 e. The molecule has 176 valence electrons. The number of aryl methyl sites for hydroxylation is 1. The molecule has 1 atom stereocenters. The summed E-state index contributed by atoms with van der Waals surface area (Å²) in [5, 5.41) is 2.89. The zero-order valence-electron chi connectivity index (χ0n) is 18.7. The number of halogens is 1. The Bertz CT molecular complexity index is 1190. The Balaban J connectivity index is 1.25. The van der Waals surface area contributed by atoms with E-state index in [0.717, 1.165) is 48.2 Å². The number of aromatic nitrogens is 1. The quantitative estimate of drug-likeness (QED) is 0.664. The van der Waals surface area contributed by atoms with E-state index in [4.69, 9.17) is 11.6 Å². The van der Waals surface area contributed by atoms with Crippen molar-refractivity contribution in [3.05, 3.63) is 57.7 Å².